The first-order valence-electron chi connectivity index (χ1n) is 16.0. The summed E-state index contributed by atoms with van der Waals surface area (Å²) in [7, 11) is 1.54. The highest BCUT2D eigenvalue weighted by Gasteiger charge is 2.34. The number of cyclic esters (lactones) is 1. The predicted octanol–water partition coefficient (Wildman–Crippen LogP) is 5.70. The lowest BCUT2D eigenvalue weighted by molar-refractivity contribution is -0.150. The van der Waals surface area contributed by atoms with Gasteiger partial charge in [0.15, 0.2) is 0 Å². The van der Waals surface area contributed by atoms with E-state index in [0.717, 1.165) is 22.0 Å². The molecule has 0 radical (unpaired) electrons. The Kier molecular flexibility index (Phi) is 11.9. The number of aromatic nitrogens is 1. The van der Waals surface area contributed by atoms with Crippen LogP contribution in [0.3, 0.4) is 0 Å². The van der Waals surface area contributed by atoms with Gasteiger partial charge in [0.2, 0.25) is 17.7 Å². The van der Waals surface area contributed by atoms with Gasteiger partial charge in [0, 0.05) is 24.4 Å². The van der Waals surface area contributed by atoms with Gasteiger partial charge in [0.25, 0.3) is 0 Å². The van der Waals surface area contributed by atoms with Crippen LogP contribution in [0.5, 0.6) is 5.75 Å². The fourth-order valence-corrected chi connectivity index (χ4v) is 6.90. The summed E-state index contributed by atoms with van der Waals surface area (Å²) in [6.45, 7) is 9.27. The summed E-state index contributed by atoms with van der Waals surface area (Å²) in [6, 6.07) is 11.2. The number of fused-ring (bicyclic) bond motifs is 1. The van der Waals surface area contributed by atoms with Gasteiger partial charge < -0.3 is 30.4 Å². The van der Waals surface area contributed by atoms with E-state index in [1.54, 1.807) is 33.0 Å². The lowest BCUT2D eigenvalue weighted by atomic mass is 9.94. The molecule has 3 amide bonds. The maximum absolute atomic E-state index is 14.3. The van der Waals surface area contributed by atoms with Crippen molar-refractivity contribution in [1.82, 2.24) is 20.5 Å². The first-order valence-corrected chi connectivity index (χ1v) is 16.8. The maximum atomic E-state index is 14.3. The van der Waals surface area contributed by atoms with Gasteiger partial charge in [-0.05, 0) is 84.8 Å². The molecule has 252 valence electrons. The Hall–Kier alpha value is -4.12. The number of aromatic hydroxyl groups is 1. The van der Waals surface area contributed by atoms with E-state index in [1.165, 1.54) is 17.0 Å². The Balaban J connectivity index is 1.74. The number of nitrogens with one attached hydrogen (secondary N) is 3. The van der Waals surface area contributed by atoms with Crippen molar-refractivity contribution >= 4 is 50.5 Å². The van der Waals surface area contributed by atoms with Crippen molar-refractivity contribution in [2.75, 3.05) is 7.05 Å². The Morgan fingerprint density at radius 3 is 2.32 bits per heavy atom. The number of benzene rings is 2. The van der Waals surface area contributed by atoms with Gasteiger partial charge in [0.1, 0.15) is 17.8 Å². The Morgan fingerprint density at radius 1 is 0.936 bits per heavy atom. The Morgan fingerprint density at radius 2 is 1.62 bits per heavy atom. The number of esters is 1. The second-order valence-corrected chi connectivity index (χ2v) is 13.7. The van der Waals surface area contributed by atoms with Crippen molar-refractivity contribution in [3.63, 3.8) is 0 Å². The standard InChI is InChI=1S/C36H45BrN4O6/c1-20-15-21(2)17-23(4)47-32(43)19-30(25-11-13-26(42)14-12-25)40-35(45)31(18-28-27-9-7-8-10-29(27)39-33(28)37)41(6)36(46)24(5)38-34(44)22(3)16-20/h7-14,16,21-24,30-31,39,42H,15,17-19H2,1-6H3,(H,38,44)(H,40,45)/b20-16+/t21-,22-,23-,24-,30+,31+/m0/s1. The van der Waals surface area contributed by atoms with Crippen molar-refractivity contribution < 1.29 is 29.0 Å². The van der Waals surface area contributed by atoms with E-state index in [2.05, 4.69) is 38.5 Å². The Labute approximate surface area is 284 Å². The van der Waals surface area contributed by atoms with E-state index in [4.69, 9.17) is 4.74 Å². The van der Waals surface area contributed by atoms with E-state index in [1.807, 2.05) is 44.2 Å². The number of H-pyrrole nitrogens is 1. The molecule has 4 N–H and O–H groups in total. The number of hydrogen-bond acceptors (Lipinski definition) is 6. The summed E-state index contributed by atoms with van der Waals surface area (Å²) in [5, 5.41) is 16.6. The highest BCUT2D eigenvalue weighted by Crippen LogP contribution is 2.29. The molecule has 0 saturated heterocycles. The van der Waals surface area contributed by atoms with Crippen LogP contribution in [0.1, 0.15) is 71.0 Å². The van der Waals surface area contributed by atoms with Crippen LogP contribution in [-0.2, 0) is 30.3 Å². The zero-order valence-electron chi connectivity index (χ0n) is 27.8. The smallest absolute Gasteiger partial charge is 0.308 e. The van der Waals surface area contributed by atoms with Gasteiger partial charge in [-0.25, -0.2) is 0 Å². The molecule has 0 fully saturated rings. The van der Waals surface area contributed by atoms with Crippen LogP contribution >= 0.6 is 15.9 Å². The van der Waals surface area contributed by atoms with Crippen LogP contribution in [0.2, 0.25) is 0 Å². The number of amides is 3. The van der Waals surface area contributed by atoms with Gasteiger partial charge in [-0.2, -0.15) is 0 Å². The van der Waals surface area contributed by atoms with E-state index >= 15 is 0 Å². The van der Waals surface area contributed by atoms with Gasteiger partial charge in [-0.3, -0.25) is 19.2 Å². The lowest BCUT2D eigenvalue weighted by Crippen LogP contribution is -2.55. The molecule has 11 heteroatoms. The van der Waals surface area contributed by atoms with Gasteiger partial charge in [-0.1, -0.05) is 55.8 Å². The molecule has 0 unspecified atom stereocenters. The number of ether oxygens (including phenoxy) is 1. The molecule has 1 aliphatic rings. The lowest BCUT2D eigenvalue weighted by Gasteiger charge is -2.31. The second-order valence-electron chi connectivity index (χ2n) is 12.9. The van der Waals surface area contributed by atoms with Gasteiger partial charge in [-0.15, -0.1) is 0 Å². The van der Waals surface area contributed by atoms with Crippen LogP contribution < -0.4 is 10.6 Å². The summed E-state index contributed by atoms with van der Waals surface area (Å²) in [5.74, 6) is -1.96. The van der Waals surface area contributed by atoms with Crippen LogP contribution in [0.15, 0.2) is 64.8 Å². The molecule has 2 heterocycles. The number of likely N-dealkylation sites (N-methyl/N-ethyl adjacent to an activating group) is 1. The minimum Gasteiger partial charge on any atom is -0.508 e. The predicted molar refractivity (Wildman–Crippen MR) is 184 cm³/mol. The van der Waals surface area contributed by atoms with Crippen LogP contribution in [0, 0.1) is 11.8 Å². The van der Waals surface area contributed by atoms with Crippen molar-refractivity contribution in [1.29, 1.82) is 0 Å². The molecule has 1 aliphatic heterocycles. The van der Waals surface area contributed by atoms with Gasteiger partial charge >= 0.3 is 5.97 Å². The van der Waals surface area contributed by atoms with Crippen molar-refractivity contribution in [2.45, 2.75) is 84.5 Å². The first-order chi connectivity index (χ1) is 22.2. The molecule has 10 nitrogen and oxygen atoms in total. The average molecular weight is 710 g/mol. The van der Waals surface area contributed by atoms with E-state index in [0.29, 0.717) is 23.0 Å². The zero-order valence-corrected chi connectivity index (χ0v) is 29.4. The van der Waals surface area contributed by atoms with E-state index in [9.17, 15) is 24.3 Å². The molecule has 2 aromatic carbocycles. The molecule has 3 aromatic rings. The normalized spacial score (nSPS) is 27.1. The maximum Gasteiger partial charge on any atom is 0.308 e. The van der Waals surface area contributed by atoms with Crippen molar-refractivity contribution in [2.24, 2.45) is 11.8 Å². The van der Waals surface area contributed by atoms with Gasteiger partial charge in [0.05, 0.1) is 29.1 Å². The fraction of sp³-hybridized carbons (Fsp3) is 0.444. The number of aromatic amines is 1. The molecular weight excluding hydrogens is 664 g/mol. The molecule has 0 saturated carbocycles. The van der Waals surface area contributed by atoms with Crippen LogP contribution in [-0.4, -0.2) is 63.9 Å². The summed E-state index contributed by atoms with van der Waals surface area (Å²) >= 11 is 3.60. The van der Waals surface area contributed by atoms with Crippen LogP contribution in [0.25, 0.3) is 10.9 Å². The second kappa shape index (κ2) is 15.6. The molecule has 47 heavy (non-hydrogen) atoms. The van der Waals surface area contributed by atoms with Crippen molar-refractivity contribution in [3.05, 3.63) is 75.9 Å². The minimum atomic E-state index is -1.02. The number of phenolic OH excluding ortho intramolecular Hbond substituents is 1. The zero-order chi connectivity index (χ0) is 34.4. The largest absolute Gasteiger partial charge is 0.508 e. The summed E-state index contributed by atoms with van der Waals surface area (Å²) in [6.07, 6.45) is 2.84. The number of carbonyl (C=O) groups excluding carboxylic acids is 4. The van der Waals surface area contributed by atoms with E-state index < -0.39 is 41.8 Å². The molecular formula is C36H45BrN4O6. The molecule has 0 aliphatic carbocycles. The molecule has 0 bridgehead atoms. The quantitative estimate of drug-likeness (QED) is 0.203. The first kappa shape index (κ1) is 35.7. The molecule has 6 atom stereocenters. The number of rotatable bonds is 3. The third-order valence-corrected chi connectivity index (χ3v) is 9.35. The SMILES string of the molecule is C/C1=C\[C@H](C)C(=O)N[C@@H](C)C(=O)N(C)[C@H](Cc2c(Br)[nH]c3ccccc23)C(=O)N[C@@H](c2ccc(O)cc2)CC(=O)O[C@@H](C)C[C@@H](C)C1. The highest BCUT2D eigenvalue weighted by atomic mass is 79.9. The summed E-state index contributed by atoms with van der Waals surface area (Å²) < 4.78 is 6.48. The topological polar surface area (TPSA) is 141 Å². The summed E-state index contributed by atoms with van der Waals surface area (Å²) in [5.41, 5.74) is 3.29. The third-order valence-electron chi connectivity index (χ3n) is 8.67. The molecule has 4 rings (SSSR count). The number of para-hydroxylation sites is 1. The minimum absolute atomic E-state index is 0.0449. The number of carbonyl (C=O) groups is 4. The Bertz CT molecular complexity index is 1630. The molecule has 1 aromatic heterocycles. The molecule has 0 spiro atoms. The summed E-state index contributed by atoms with van der Waals surface area (Å²) in [4.78, 5) is 59.2. The van der Waals surface area contributed by atoms with E-state index in [-0.39, 0.29) is 36.5 Å². The monoisotopic (exact) mass is 708 g/mol. The number of nitrogens with zero attached hydrogens (tertiary/aromatic N) is 1. The number of allylic oxidation sites excluding steroid dienone is 1. The number of halogens is 1. The van der Waals surface area contributed by atoms with Crippen molar-refractivity contribution in [3.8, 4) is 5.75 Å². The highest BCUT2D eigenvalue weighted by molar-refractivity contribution is 9.10. The number of hydrogen-bond donors (Lipinski definition) is 4. The van der Waals surface area contributed by atoms with Crippen LogP contribution in [0.4, 0.5) is 0 Å². The number of phenols is 1. The third kappa shape index (κ3) is 9.24. The fourth-order valence-electron chi connectivity index (χ4n) is 6.32. The average Bonchev–Trinajstić information content (AvgIpc) is 3.32.